The molecule has 0 saturated carbocycles. The van der Waals surface area contributed by atoms with Gasteiger partial charge in [-0.05, 0) is 18.9 Å². The van der Waals surface area contributed by atoms with E-state index in [-0.39, 0.29) is 11.8 Å². The highest BCUT2D eigenvalue weighted by Crippen LogP contribution is 2.14. The first-order valence-electron chi connectivity index (χ1n) is 7.62. The number of ether oxygens (including phenoxy) is 1. The van der Waals surface area contributed by atoms with E-state index in [1.165, 1.54) is 0 Å². The summed E-state index contributed by atoms with van der Waals surface area (Å²) in [6, 6.07) is 6.24. The van der Waals surface area contributed by atoms with Crippen molar-refractivity contribution in [3.63, 3.8) is 0 Å². The molecule has 0 aliphatic carbocycles. The molecule has 0 spiro atoms. The van der Waals surface area contributed by atoms with Crippen LogP contribution in [0.2, 0.25) is 0 Å². The summed E-state index contributed by atoms with van der Waals surface area (Å²) < 4.78 is 5.13. The van der Waals surface area contributed by atoms with Gasteiger partial charge in [0.2, 0.25) is 11.8 Å². The quantitative estimate of drug-likeness (QED) is 0.899. The number of aromatic nitrogens is 1. The lowest BCUT2D eigenvalue weighted by molar-refractivity contribution is -0.135. The van der Waals surface area contributed by atoms with Crippen LogP contribution in [-0.4, -0.2) is 42.0 Å². The first-order valence-corrected chi connectivity index (χ1v) is 7.62. The minimum atomic E-state index is 0.0930. The summed E-state index contributed by atoms with van der Waals surface area (Å²) in [6.07, 6.45) is 2.00. The van der Waals surface area contributed by atoms with Crippen LogP contribution in [0.15, 0.2) is 18.2 Å². The second-order valence-corrected chi connectivity index (χ2v) is 5.81. The van der Waals surface area contributed by atoms with Gasteiger partial charge in [0.1, 0.15) is 0 Å². The molecule has 0 unspecified atom stereocenters. The van der Waals surface area contributed by atoms with Gasteiger partial charge in [-0.25, -0.2) is 4.98 Å². The van der Waals surface area contributed by atoms with Gasteiger partial charge >= 0.3 is 0 Å². The van der Waals surface area contributed by atoms with Gasteiger partial charge in [-0.15, -0.1) is 0 Å². The Kier molecular flexibility index (Phi) is 5.56. The van der Waals surface area contributed by atoms with Crippen LogP contribution in [0.5, 0.6) is 5.88 Å². The Morgan fingerprint density at radius 2 is 2.14 bits per heavy atom. The molecule has 1 amide bonds. The molecule has 1 fully saturated rings. The molecule has 0 bridgehead atoms. The summed E-state index contributed by atoms with van der Waals surface area (Å²) in [5, 5.41) is 3.52. The number of methoxy groups -OCH3 is 1. The molecule has 0 atom stereocenters. The average Bonchev–Trinajstić information content (AvgIpc) is 2.53. The lowest BCUT2D eigenvalue weighted by atomic mass is 10.0. The van der Waals surface area contributed by atoms with Gasteiger partial charge in [0.15, 0.2) is 0 Å². The smallest absolute Gasteiger partial charge is 0.225 e. The van der Waals surface area contributed by atoms with Crippen LogP contribution in [0.4, 0.5) is 0 Å². The molecule has 21 heavy (non-hydrogen) atoms. The van der Waals surface area contributed by atoms with Crippen LogP contribution in [-0.2, 0) is 11.3 Å². The van der Waals surface area contributed by atoms with Crippen molar-refractivity contribution in [1.29, 1.82) is 0 Å². The van der Waals surface area contributed by atoms with Crippen molar-refractivity contribution in [1.82, 2.24) is 15.2 Å². The van der Waals surface area contributed by atoms with E-state index >= 15 is 0 Å². The molecule has 1 aliphatic rings. The van der Waals surface area contributed by atoms with E-state index in [2.05, 4.69) is 10.3 Å². The molecule has 5 heteroatoms. The third kappa shape index (κ3) is 4.43. The predicted molar refractivity (Wildman–Crippen MR) is 82.1 cm³/mol. The molecule has 0 radical (unpaired) electrons. The summed E-state index contributed by atoms with van der Waals surface area (Å²) in [4.78, 5) is 18.3. The van der Waals surface area contributed by atoms with Crippen molar-refractivity contribution >= 4 is 5.91 Å². The Morgan fingerprint density at radius 1 is 1.43 bits per heavy atom. The Hall–Kier alpha value is -1.62. The van der Waals surface area contributed by atoms with Crippen molar-refractivity contribution in [2.45, 2.75) is 39.3 Å². The van der Waals surface area contributed by atoms with Crippen LogP contribution in [0.1, 0.15) is 32.4 Å². The zero-order valence-corrected chi connectivity index (χ0v) is 13.1. The Balaban J connectivity index is 1.77. The lowest BCUT2D eigenvalue weighted by Gasteiger charge is -2.33. The fraction of sp³-hybridized carbons (Fsp3) is 0.625. The highest BCUT2D eigenvalue weighted by molar-refractivity contribution is 5.78. The minimum Gasteiger partial charge on any atom is -0.481 e. The highest BCUT2D eigenvalue weighted by Gasteiger charge is 2.23. The van der Waals surface area contributed by atoms with Crippen molar-refractivity contribution in [2.24, 2.45) is 5.92 Å². The molecule has 1 aliphatic heterocycles. The van der Waals surface area contributed by atoms with E-state index in [4.69, 9.17) is 4.74 Å². The number of carbonyl (C=O) groups is 1. The standard InChI is InChI=1S/C16H25N3O2/c1-12(2)16(20)19-9-7-13(8-10-19)17-11-14-5-4-6-15(18-14)21-3/h4-6,12-13,17H,7-11H2,1-3H3. The number of hydrogen-bond acceptors (Lipinski definition) is 4. The molecule has 116 valence electrons. The Labute approximate surface area is 126 Å². The van der Waals surface area contributed by atoms with Gasteiger partial charge in [-0.1, -0.05) is 19.9 Å². The Morgan fingerprint density at radius 3 is 2.76 bits per heavy atom. The summed E-state index contributed by atoms with van der Waals surface area (Å²) in [5.74, 6) is 1.00. The number of hydrogen-bond donors (Lipinski definition) is 1. The number of carbonyl (C=O) groups excluding carboxylic acids is 1. The molecule has 0 aromatic carbocycles. The van der Waals surface area contributed by atoms with Gasteiger partial charge in [-0.2, -0.15) is 0 Å². The zero-order chi connectivity index (χ0) is 15.2. The van der Waals surface area contributed by atoms with E-state index in [1.807, 2.05) is 36.9 Å². The molecular weight excluding hydrogens is 266 g/mol. The van der Waals surface area contributed by atoms with Gasteiger partial charge in [0.05, 0.1) is 12.8 Å². The fourth-order valence-electron chi connectivity index (χ4n) is 2.59. The highest BCUT2D eigenvalue weighted by atomic mass is 16.5. The maximum atomic E-state index is 11.9. The van der Waals surface area contributed by atoms with Crippen LogP contribution >= 0.6 is 0 Å². The SMILES string of the molecule is COc1cccc(CNC2CCN(C(=O)C(C)C)CC2)n1. The lowest BCUT2D eigenvalue weighted by Crippen LogP contribution is -2.46. The summed E-state index contributed by atoms with van der Waals surface area (Å²) in [7, 11) is 1.63. The van der Waals surface area contributed by atoms with Crippen molar-refractivity contribution < 1.29 is 9.53 Å². The molecule has 2 heterocycles. The number of nitrogens with zero attached hydrogens (tertiary/aromatic N) is 2. The third-order valence-corrected chi connectivity index (χ3v) is 3.86. The van der Waals surface area contributed by atoms with E-state index < -0.39 is 0 Å². The first-order chi connectivity index (χ1) is 10.1. The normalized spacial score (nSPS) is 16.3. The first kappa shape index (κ1) is 15.8. The van der Waals surface area contributed by atoms with Crippen LogP contribution in [0.25, 0.3) is 0 Å². The average molecular weight is 291 g/mol. The second-order valence-electron chi connectivity index (χ2n) is 5.81. The molecule has 1 saturated heterocycles. The number of amides is 1. The number of rotatable bonds is 5. The zero-order valence-electron chi connectivity index (χ0n) is 13.1. The molecule has 2 rings (SSSR count). The monoisotopic (exact) mass is 291 g/mol. The van der Waals surface area contributed by atoms with E-state index in [0.29, 0.717) is 11.9 Å². The topological polar surface area (TPSA) is 54.5 Å². The van der Waals surface area contributed by atoms with Crippen molar-refractivity contribution in [3.8, 4) is 5.88 Å². The summed E-state index contributed by atoms with van der Waals surface area (Å²) in [6.45, 7) is 6.35. The third-order valence-electron chi connectivity index (χ3n) is 3.86. The minimum absolute atomic E-state index is 0.0930. The summed E-state index contributed by atoms with van der Waals surface area (Å²) in [5.41, 5.74) is 0.982. The van der Waals surface area contributed by atoms with Gasteiger partial charge in [-0.3, -0.25) is 4.79 Å². The predicted octanol–water partition coefficient (Wildman–Crippen LogP) is 1.83. The number of pyridine rings is 1. The molecule has 1 aromatic heterocycles. The maximum absolute atomic E-state index is 11.9. The number of piperidine rings is 1. The van der Waals surface area contributed by atoms with Gasteiger partial charge < -0.3 is 15.0 Å². The molecule has 5 nitrogen and oxygen atoms in total. The van der Waals surface area contributed by atoms with Crippen LogP contribution in [0.3, 0.4) is 0 Å². The van der Waals surface area contributed by atoms with Crippen molar-refractivity contribution in [2.75, 3.05) is 20.2 Å². The van der Waals surface area contributed by atoms with Gasteiger partial charge in [0, 0.05) is 37.7 Å². The number of likely N-dealkylation sites (tertiary alicyclic amines) is 1. The van der Waals surface area contributed by atoms with E-state index in [9.17, 15) is 4.79 Å². The van der Waals surface area contributed by atoms with E-state index in [0.717, 1.165) is 38.2 Å². The van der Waals surface area contributed by atoms with Crippen LogP contribution in [0, 0.1) is 5.92 Å². The van der Waals surface area contributed by atoms with Crippen molar-refractivity contribution in [3.05, 3.63) is 23.9 Å². The molecule has 1 aromatic rings. The molecular formula is C16H25N3O2. The molecule has 1 N–H and O–H groups in total. The second kappa shape index (κ2) is 7.41. The van der Waals surface area contributed by atoms with E-state index in [1.54, 1.807) is 7.11 Å². The summed E-state index contributed by atoms with van der Waals surface area (Å²) >= 11 is 0. The fourth-order valence-corrected chi connectivity index (χ4v) is 2.59. The Bertz CT molecular complexity index is 468. The maximum Gasteiger partial charge on any atom is 0.225 e. The number of nitrogens with one attached hydrogen (secondary N) is 1. The van der Waals surface area contributed by atoms with Gasteiger partial charge in [0.25, 0.3) is 0 Å². The van der Waals surface area contributed by atoms with Crippen LogP contribution < -0.4 is 10.1 Å². The largest absolute Gasteiger partial charge is 0.481 e.